The lowest BCUT2D eigenvalue weighted by Crippen LogP contribution is -2.04. The van der Waals surface area contributed by atoms with E-state index in [0.717, 1.165) is 22.4 Å². The molecule has 2 aromatic carbocycles. The number of rotatable bonds is 3. The molecule has 2 rings (SSSR count). The Morgan fingerprint density at radius 1 is 1.06 bits per heavy atom. The van der Waals surface area contributed by atoms with Gasteiger partial charge in [0.1, 0.15) is 0 Å². The van der Waals surface area contributed by atoms with E-state index in [2.05, 4.69) is 5.32 Å². The summed E-state index contributed by atoms with van der Waals surface area (Å²) in [6, 6.07) is 15.1. The molecule has 17 heavy (non-hydrogen) atoms. The van der Waals surface area contributed by atoms with Crippen molar-refractivity contribution in [3.05, 3.63) is 65.2 Å². The summed E-state index contributed by atoms with van der Waals surface area (Å²) in [5, 5.41) is 3.06. The van der Waals surface area contributed by atoms with E-state index in [9.17, 15) is 4.79 Å². The molecule has 0 bridgehead atoms. The zero-order valence-electron chi connectivity index (χ0n) is 10.0. The van der Waals surface area contributed by atoms with Crippen LogP contribution in [0.15, 0.2) is 48.5 Å². The van der Waals surface area contributed by atoms with Crippen LogP contribution in [-0.2, 0) is 0 Å². The van der Waals surface area contributed by atoms with Gasteiger partial charge in [-0.25, -0.2) is 0 Å². The molecule has 2 aromatic rings. The van der Waals surface area contributed by atoms with Crippen molar-refractivity contribution in [1.82, 2.24) is 0 Å². The highest BCUT2D eigenvalue weighted by Crippen LogP contribution is 2.18. The lowest BCUT2D eigenvalue weighted by molar-refractivity contribution is 0.103. The molecule has 0 saturated carbocycles. The normalized spacial score (nSPS) is 10.0. The van der Waals surface area contributed by atoms with Crippen LogP contribution in [0.25, 0.3) is 0 Å². The summed E-state index contributed by atoms with van der Waals surface area (Å²) in [6.45, 7) is 1.96. The van der Waals surface area contributed by atoms with E-state index in [0.29, 0.717) is 0 Å². The van der Waals surface area contributed by atoms with Crippen LogP contribution in [0, 0.1) is 6.92 Å². The summed E-state index contributed by atoms with van der Waals surface area (Å²) in [6.07, 6.45) is 0. The van der Waals surface area contributed by atoms with Crippen LogP contribution in [0.2, 0.25) is 0 Å². The molecule has 0 amide bonds. The lowest BCUT2D eigenvalue weighted by atomic mass is 9.99. The second-order valence-electron chi connectivity index (χ2n) is 3.97. The number of benzene rings is 2. The second-order valence-corrected chi connectivity index (χ2v) is 3.97. The third kappa shape index (κ3) is 2.36. The van der Waals surface area contributed by atoms with Gasteiger partial charge in [-0.3, -0.25) is 4.79 Å². The highest BCUT2D eigenvalue weighted by Gasteiger charge is 2.11. The average molecular weight is 225 g/mol. The molecule has 0 heterocycles. The molecule has 2 heteroatoms. The molecule has 0 aliphatic heterocycles. The number of nitrogens with one attached hydrogen (secondary N) is 1. The predicted molar refractivity (Wildman–Crippen MR) is 70.6 cm³/mol. The van der Waals surface area contributed by atoms with Crippen LogP contribution in [0.3, 0.4) is 0 Å². The number of aryl methyl sites for hydroxylation is 1. The summed E-state index contributed by atoms with van der Waals surface area (Å²) in [7, 11) is 1.87. The molecular weight excluding hydrogens is 210 g/mol. The standard InChI is InChI=1S/C15H15NO/c1-11-10-13(16-2)8-9-14(11)15(17)12-6-4-3-5-7-12/h3-10,16H,1-2H3. The highest BCUT2D eigenvalue weighted by atomic mass is 16.1. The Labute approximate surface area is 101 Å². The van der Waals surface area contributed by atoms with E-state index < -0.39 is 0 Å². The van der Waals surface area contributed by atoms with Crippen molar-refractivity contribution in [3.8, 4) is 0 Å². The first-order valence-corrected chi connectivity index (χ1v) is 5.60. The minimum Gasteiger partial charge on any atom is -0.388 e. The first kappa shape index (κ1) is 11.4. The molecule has 0 spiro atoms. The molecule has 0 aliphatic rings. The van der Waals surface area contributed by atoms with Crippen molar-refractivity contribution in [2.45, 2.75) is 6.92 Å². The highest BCUT2D eigenvalue weighted by molar-refractivity contribution is 6.10. The van der Waals surface area contributed by atoms with Gasteiger partial charge in [0.05, 0.1) is 0 Å². The van der Waals surface area contributed by atoms with Gasteiger partial charge < -0.3 is 5.32 Å². The van der Waals surface area contributed by atoms with Crippen molar-refractivity contribution >= 4 is 11.5 Å². The van der Waals surface area contributed by atoms with E-state index in [4.69, 9.17) is 0 Å². The SMILES string of the molecule is CNc1ccc(C(=O)c2ccccc2)c(C)c1. The quantitative estimate of drug-likeness (QED) is 0.812. The Bertz CT molecular complexity index is 532. The molecule has 0 fully saturated rings. The fraction of sp³-hybridized carbons (Fsp3) is 0.133. The molecule has 0 atom stereocenters. The van der Waals surface area contributed by atoms with Gasteiger partial charge in [-0.05, 0) is 30.7 Å². The van der Waals surface area contributed by atoms with E-state index in [1.165, 1.54) is 0 Å². The molecule has 86 valence electrons. The molecular formula is C15H15NO. The fourth-order valence-corrected chi connectivity index (χ4v) is 1.82. The molecule has 2 nitrogen and oxygen atoms in total. The molecule has 0 aliphatic carbocycles. The third-order valence-corrected chi connectivity index (χ3v) is 2.80. The van der Waals surface area contributed by atoms with Crippen molar-refractivity contribution in [3.63, 3.8) is 0 Å². The van der Waals surface area contributed by atoms with Gasteiger partial charge in [-0.1, -0.05) is 30.3 Å². The summed E-state index contributed by atoms with van der Waals surface area (Å²) in [5.41, 5.74) is 3.50. The van der Waals surface area contributed by atoms with Gasteiger partial charge in [0.2, 0.25) is 0 Å². The largest absolute Gasteiger partial charge is 0.388 e. The Morgan fingerprint density at radius 3 is 2.35 bits per heavy atom. The van der Waals surface area contributed by atoms with Crippen LogP contribution in [-0.4, -0.2) is 12.8 Å². The number of carbonyl (C=O) groups is 1. The Morgan fingerprint density at radius 2 is 1.76 bits per heavy atom. The van der Waals surface area contributed by atoms with Gasteiger partial charge in [-0.2, -0.15) is 0 Å². The van der Waals surface area contributed by atoms with Crippen LogP contribution in [0.5, 0.6) is 0 Å². The smallest absolute Gasteiger partial charge is 0.193 e. The molecule has 0 aromatic heterocycles. The minimum absolute atomic E-state index is 0.0748. The van der Waals surface area contributed by atoms with Crippen LogP contribution < -0.4 is 5.32 Å². The number of hydrogen-bond acceptors (Lipinski definition) is 2. The minimum atomic E-state index is 0.0748. The number of carbonyl (C=O) groups excluding carboxylic acids is 1. The van der Waals surface area contributed by atoms with E-state index in [-0.39, 0.29) is 5.78 Å². The van der Waals surface area contributed by atoms with E-state index in [1.807, 2.05) is 62.5 Å². The Balaban J connectivity index is 2.38. The maximum atomic E-state index is 12.2. The number of ketones is 1. The topological polar surface area (TPSA) is 29.1 Å². The number of hydrogen-bond donors (Lipinski definition) is 1. The van der Waals surface area contributed by atoms with Gasteiger partial charge >= 0.3 is 0 Å². The van der Waals surface area contributed by atoms with Crippen molar-refractivity contribution in [2.75, 3.05) is 12.4 Å². The Hall–Kier alpha value is -2.09. The first-order valence-electron chi connectivity index (χ1n) is 5.60. The van der Waals surface area contributed by atoms with Crippen molar-refractivity contribution < 1.29 is 4.79 Å². The summed E-state index contributed by atoms with van der Waals surface area (Å²) >= 11 is 0. The summed E-state index contributed by atoms with van der Waals surface area (Å²) in [4.78, 5) is 12.2. The third-order valence-electron chi connectivity index (χ3n) is 2.80. The van der Waals surface area contributed by atoms with Gasteiger partial charge in [-0.15, -0.1) is 0 Å². The molecule has 0 radical (unpaired) electrons. The van der Waals surface area contributed by atoms with Crippen molar-refractivity contribution in [1.29, 1.82) is 0 Å². The van der Waals surface area contributed by atoms with Gasteiger partial charge in [0, 0.05) is 23.9 Å². The summed E-state index contributed by atoms with van der Waals surface area (Å²) < 4.78 is 0. The average Bonchev–Trinajstić information content (AvgIpc) is 2.39. The van der Waals surface area contributed by atoms with Crippen LogP contribution in [0.1, 0.15) is 21.5 Å². The number of anilines is 1. The maximum absolute atomic E-state index is 12.2. The zero-order valence-corrected chi connectivity index (χ0v) is 10.0. The zero-order chi connectivity index (χ0) is 12.3. The molecule has 0 unspecified atom stereocenters. The Kier molecular flexibility index (Phi) is 3.24. The predicted octanol–water partition coefficient (Wildman–Crippen LogP) is 3.27. The van der Waals surface area contributed by atoms with Gasteiger partial charge in [0.15, 0.2) is 5.78 Å². The lowest BCUT2D eigenvalue weighted by Gasteiger charge is -2.07. The first-order chi connectivity index (χ1) is 8.22. The molecule has 0 saturated heterocycles. The monoisotopic (exact) mass is 225 g/mol. The second kappa shape index (κ2) is 4.83. The van der Waals surface area contributed by atoms with Crippen LogP contribution >= 0.6 is 0 Å². The van der Waals surface area contributed by atoms with Crippen molar-refractivity contribution in [2.24, 2.45) is 0 Å². The summed E-state index contributed by atoms with van der Waals surface area (Å²) in [5.74, 6) is 0.0748. The van der Waals surface area contributed by atoms with Gasteiger partial charge in [0.25, 0.3) is 0 Å². The van der Waals surface area contributed by atoms with Crippen LogP contribution in [0.4, 0.5) is 5.69 Å². The molecule has 1 N–H and O–H groups in total. The fourth-order valence-electron chi connectivity index (χ4n) is 1.82. The maximum Gasteiger partial charge on any atom is 0.193 e. The van der Waals surface area contributed by atoms with E-state index in [1.54, 1.807) is 0 Å². The van der Waals surface area contributed by atoms with E-state index >= 15 is 0 Å².